The summed E-state index contributed by atoms with van der Waals surface area (Å²) in [6, 6.07) is 13.1. The molecule has 5 rings (SSSR count). The van der Waals surface area contributed by atoms with E-state index in [4.69, 9.17) is 21.1 Å². The smallest absolute Gasteiger partial charge is 0.410 e. The lowest BCUT2D eigenvalue weighted by Gasteiger charge is -2.41. The first kappa shape index (κ1) is 34.0. The van der Waals surface area contributed by atoms with E-state index in [0.717, 1.165) is 5.56 Å². The summed E-state index contributed by atoms with van der Waals surface area (Å²) in [6.45, 7) is 6.30. The maximum absolute atomic E-state index is 13.4. The van der Waals surface area contributed by atoms with Crippen LogP contribution in [0.5, 0.6) is 0 Å². The number of amides is 2. The topological polar surface area (TPSA) is 174 Å². The Balaban J connectivity index is 1.38. The molecule has 0 unspecified atom stereocenters. The molecule has 1 aliphatic rings. The Morgan fingerprint density at radius 3 is 2.54 bits per heavy atom. The number of esters is 1. The van der Waals surface area contributed by atoms with Crippen LogP contribution in [-0.4, -0.2) is 79.1 Å². The van der Waals surface area contributed by atoms with Crippen LogP contribution in [0.1, 0.15) is 50.1 Å². The molecule has 2 aromatic heterocycles. The number of aromatic nitrogens is 6. The quantitative estimate of drug-likeness (QED) is 0.185. The lowest BCUT2D eigenvalue weighted by molar-refractivity contribution is -0.139. The number of benzene rings is 2. The van der Waals surface area contributed by atoms with Crippen molar-refractivity contribution in [2.24, 2.45) is 5.92 Å². The van der Waals surface area contributed by atoms with Crippen molar-refractivity contribution in [1.29, 1.82) is 0 Å². The predicted octanol–water partition coefficient (Wildman–Crippen LogP) is 3.91. The third-order valence-corrected chi connectivity index (χ3v) is 7.75. The van der Waals surface area contributed by atoms with Gasteiger partial charge in [0.2, 0.25) is 5.91 Å². The molecular weight excluding hydrogens is 640 g/mol. The van der Waals surface area contributed by atoms with Gasteiger partial charge >= 0.3 is 12.1 Å². The van der Waals surface area contributed by atoms with E-state index in [1.165, 1.54) is 24.2 Å². The molecule has 2 amide bonds. The zero-order valence-electron chi connectivity index (χ0n) is 26.8. The number of H-pyrrole nitrogens is 1. The van der Waals surface area contributed by atoms with Gasteiger partial charge in [-0.2, -0.15) is 9.78 Å². The summed E-state index contributed by atoms with van der Waals surface area (Å²) in [5, 5.41) is 21.6. The van der Waals surface area contributed by atoms with Crippen molar-refractivity contribution < 1.29 is 23.9 Å². The summed E-state index contributed by atoms with van der Waals surface area (Å²) in [6.07, 6.45) is 4.54. The molecule has 0 aliphatic carbocycles. The number of carbonyl (C=O) groups excluding carboxylic acids is 3. The predicted molar refractivity (Wildman–Crippen MR) is 176 cm³/mol. The van der Waals surface area contributed by atoms with Crippen LogP contribution in [0.15, 0.2) is 65.7 Å². The first-order chi connectivity index (χ1) is 22.9. The number of rotatable bonds is 10. The van der Waals surface area contributed by atoms with Crippen LogP contribution in [0, 0.1) is 5.92 Å². The van der Waals surface area contributed by atoms with Crippen LogP contribution in [0.2, 0.25) is 5.02 Å². The van der Waals surface area contributed by atoms with Crippen molar-refractivity contribution in [1.82, 2.24) is 40.6 Å². The van der Waals surface area contributed by atoms with Crippen molar-refractivity contribution in [2.45, 2.75) is 45.3 Å². The van der Waals surface area contributed by atoms with Crippen LogP contribution in [0.3, 0.4) is 0 Å². The fourth-order valence-electron chi connectivity index (χ4n) is 5.16. The number of likely N-dealkylation sites (tertiary alicyclic amines) is 1. The number of hydrogen-bond donors (Lipinski definition) is 2. The molecule has 0 radical (unpaired) electrons. The number of ether oxygens (including phenoxy) is 2. The second kappa shape index (κ2) is 14.6. The van der Waals surface area contributed by atoms with Gasteiger partial charge in [0.15, 0.2) is 0 Å². The molecule has 14 nitrogen and oxygen atoms in total. The Morgan fingerprint density at radius 2 is 1.88 bits per heavy atom. The molecule has 1 fully saturated rings. The molecule has 1 atom stereocenters. The Kier molecular flexibility index (Phi) is 10.3. The first-order valence-electron chi connectivity index (χ1n) is 15.1. The fourth-order valence-corrected chi connectivity index (χ4v) is 5.34. The molecule has 0 spiro atoms. The van der Waals surface area contributed by atoms with Crippen molar-refractivity contribution in [3.05, 3.63) is 93.1 Å². The van der Waals surface area contributed by atoms with Gasteiger partial charge in [-0.05, 0) is 85.0 Å². The minimum absolute atomic E-state index is 0.0286. The van der Waals surface area contributed by atoms with Gasteiger partial charge < -0.3 is 19.7 Å². The summed E-state index contributed by atoms with van der Waals surface area (Å²) >= 11 is 6.23. The fraction of sp³-hybridized carbons (Fsp3) is 0.333. The van der Waals surface area contributed by atoms with Gasteiger partial charge in [-0.1, -0.05) is 35.9 Å². The molecule has 2 aromatic carbocycles. The minimum atomic E-state index is -0.625. The lowest BCUT2D eigenvalue weighted by Crippen LogP contribution is -2.52. The third kappa shape index (κ3) is 8.70. The van der Waals surface area contributed by atoms with E-state index in [0.29, 0.717) is 52.6 Å². The van der Waals surface area contributed by atoms with Crippen LogP contribution in [-0.2, 0) is 25.5 Å². The molecule has 250 valence electrons. The van der Waals surface area contributed by atoms with Gasteiger partial charge in [0.05, 0.1) is 36.5 Å². The van der Waals surface area contributed by atoms with Gasteiger partial charge in [-0.3, -0.25) is 14.4 Å². The molecule has 0 bridgehead atoms. The second-order valence-electron chi connectivity index (χ2n) is 12.3. The number of nitrogens with one attached hydrogen (secondary N) is 2. The highest BCUT2D eigenvalue weighted by atomic mass is 35.5. The molecule has 48 heavy (non-hydrogen) atoms. The summed E-state index contributed by atoms with van der Waals surface area (Å²) in [5.74, 6) is -0.767. The summed E-state index contributed by atoms with van der Waals surface area (Å²) in [4.78, 5) is 52.1. The first-order valence-corrected chi connectivity index (χ1v) is 15.5. The molecule has 2 N–H and O–H groups in total. The highest BCUT2D eigenvalue weighted by molar-refractivity contribution is 6.30. The van der Waals surface area contributed by atoms with Crippen molar-refractivity contribution in [3.8, 4) is 16.8 Å². The van der Waals surface area contributed by atoms with E-state index in [1.807, 2.05) is 20.8 Å². The third-order valence-electron chi connectivity index (χ3n) is 7.52. The summed E-state index contributed by atoms with van der Waals surface area (Å²) in [5.41, 5.74) is 2.29. The molecule has 0 saturated carbocycles. The molecule has 3 heterocycles. The molecular formula is C33H35ClN8O6. The average molecular weight is 675 g/mol. The Hall–Kier alpha value is -5.37. The minimum Gasteiger partial charge on any atom is -0.469 e. The number of methoxy groups -OCH3 is 1. The summed E-state index contributed by atoms with van der Waals surface area (Å²) in [7, 11) is 1.32. The average Bonchev–Trinajstić information content (AvgIpc) is 3.56. The highest BCUT2D eigenvalue weighted by Gasteiger charge is 2.36. The number of carbonyl (C=O) groups is 3. The van der Waals surface area contributed by atoms with Crippen LogP contribution < -0.4 is 10.9 Å². The second-order valence-corrected chi connectivity index (χ2v) is 12.8. The van der Waals surface area contributed by atoms with Crippen LogP contribution in [0.4, 0.5) is 4.79 Å². The monoisotopic (exact) mass is 674 g/mol. The number of halogens is 1. The van der Waals surface area contributed by atoms with Crippen molar-refractivity contribution in [3.63, 3.8) is 0 Å². The molecule has 1 aliphatic heterocycles. The number of hydrogen-bond acceptors (Lipinski definition) is 10. The zero-order chi connectivity index (χ0) is 34.4. The number of aromatic amines is 1. The van der Waals surface area contributed by atoms with E-state index >= 15 is 0 Å². The van der Waals surface area contributed by atoms with Gasteiger partial charge in [-0.15, -0.1) is 5.10 Å². The van der Waals surface area contributed by atoms with E-state index < -0.39 is 29.2 Å². The van der Waals surface area contributed by atoms with Crippen LogP contribution >= 0.6 is 11.6 Å². The van der Waals surface area contributed by atoms with Crippen LogP contribution in [0.25, 0.3) is 22.9 Å². The van der Waals surface area contributed by atoms with E-state index in [9.17, 15) is 19.2 Å². The standard InChI is InChI=1S/C33H35ClN8O6/c1-33(2,3)48-32(46)41-17-21(18-41)13-26(36-29(43)12-9-23-15-24(34)10-11-28(23)42-19-35-39-40-42)27-16-25(31(45)38-37-27)22-7-5-20(6-8-22)14-30(44)47-4/h5-12,15-16,19,21,26H,13-14,17-18H2,1-4H3,(H,36,43)(H,38,45)/b12-9+/t26-/m0/s1. The summed E-state index contributed by atoms with van der Waals surface area (Å²) < 4.78 is 11.7. The zero-order valence-corrected chi connectivity index (χ0v) is 27.6. The lowest BCUT2D eigenvalue weighted by atomic mass is 9.90. The number of tetrazole rings is 1. The van der Waals surface area contributed by atoms with Gasteiger partial charge in [0.1, 0.15) is 11.9 Å². The maximum atomic E-state index is 13.4. The normalized spacial score (nSPS) is 14.0. The Bertz CT molecular complexity index is 1860. The van der Waals surface area contributed by atoms with E-state index in [-0.39, 0.29) is 18.3 Å². The molecule has 4 aromatic rings. The number of nitrogens with zero attached hydrogens (tertiary/aromatic N) is 6. The van der Waals surface area contributed by atoms with Gasteiger partial charge in [0.25, 0.3) is 5.56 Å². The SMILES string of the molecule is COC(=O)Cc1ccc(-c2cc([C@H](CC3CN(C(=O)OC(C)(C)C)C3)NC(=O)/C=C/c3cc(Cl)ccc3-n3cnnn3)n[nH]c2=O)cc1. The van der Waals surface area contributed by atoms with E-state index in [1.54, 1.807) is 59.5 Å². The van der Waals surface area contributed by atoms with Gasteiger partial charge in [-0.25, -0.2) is 9.89 Å². The van der Waals surface area contributed by atoms with Gasteiger partial charge in [0, 0.05) is 29.8 Å². The molecule has 1 saturated heterocycles. The Morgan fingerprint density at radius 1 is 1.12 bits per heavy atom. The van der Waals surface area contributed by atoms with Crippen molar-refractivity contribution >= 4 is 35.6 Å². The molecule has 15 heteroatoms. The largest absolute Gasteiger partial charge is 0.469 e. The highest BCUT2D eigenvalue weighted by Crippen LogP contribution is 2.29. The Labute approximate surface area is 281 Å². The van der Waals surface area contributed by atoms with E-state index in [2.05, 4.69) is 31.0 Å². The van der Waals surface area contributed by atoms with Crippen molar-refractivity contribution in [2.75, 3.05) is 20.2 Å². The maximum Gasteiger partial charge on any atom is 0.410 e.